The van der Waals surface area contributed by atoms with Crippen LogP contribution in [0.4, 0.5) is 5.69 Å². The van der Waals surface area contributed by atoms with Crippen LogP contribution in [0.1, 0.15) is 16.8 Å². The fourth-order valence-electron chi connectivity index (χ4n) is 2.32. The molecule has 0 aliphatic rings. The number of hydrogen-bond donors (Lipinski definition) is 1. The molecular formula is C16H15N5. The lowest BCUT2D eigenvalue weighted by Gasteiger charge is -2.11. The zero-order chi connectivity index (χ0) is 14.8. The van der Waals surface area contributed by atoms with E-state index in [0.29, 0.717) is 12.1 Å². The van der Waals surface area contributed by atoms with E-state index in [9.17, 15) is 5.26 Å². The molecule has 21 heavy (non-hydrogen) atoms. The molecule has 3 rings (SSSR count). The number of nitrogens with one attached hydrogen (secondary N) is 1. The largest absolute Gasteiger partial charge is 0.379 e. The molecule has 0 aliphatic carbocycles. The van der Waals surface area contributed by atoms with Crippen molar-refractivity contribution in [3.05, 3.63) is 53.5 Å². The van der Waals surface area contributed by atoms with Gasteiger partial charge >= 0.3 is 0 Å². The van der Waals surface area contributed by atoms with Gasteiger partial charge in [0.15, 0.2) is 0 Å². The zero-order valence-electron chi connectivity index (χ0n) is 12.0. The number of rotatable bonds is 3. The standard InChI is InChI=1S/C16H15N5/c1-11-13(10-20-21(11)2)9-19-16-12(7-17)8-18-15-6-4-3-5-14(15)16/h3-6,8,10H,9H2,1-2H3,(H,18,19). The summed E-state index contributed by atoms with van der Waals surface area (Å²) in [5, 5.41) is 17.8. The van der Waals surface area contributed by atoms with E-state index in [2.05, 4.69) is 21.5 Å². The Morgan fingerprint density at radius 1 is 1.29 bits per heavy atom. The number of aryl methyl sites for hydroxylation is 1. The molecule has 0 radical (unpaired) electrons. The number of nitriles is 1. The van der Waals surface area contributed by atoms with Gasteiger partial charge in [-0.25, -0.2) is 0 Å². The molecule has 0 atom stereocenters. The van der Waals surface area contributed by atoms with Gasteiger partial charge in [0.25, 0.3) is 0 Å². The average Bonchev–Trinajstić information content (AvgIpc) is 2.84. The van der Waals surface area contributed by atoms with Gasteiger partial charge in [-0.15, -0.1) is 0 Å². The maximum absolute atomic E-state index is 9.29. The first kappa shape index (κ1) is 13.1. The Labute approximate surface area is 122 Å². The number of benzene rings is 1. The summed E-state index contributed by atoms with van der Waals surface area (Å²) in [5.74, 6) is 0. The normalized spacial score (nSPS) is 10.5. The second kappa shape index (κ2) is 5.25. The second-order valence-corrected chi connectivity index (χ2v) is 4.91. The second-order valence-electron chi connectivity index (χ2n) is 4.91. The van der Waals surface area contributed by atoms with Crippen LogP contribution in [0.25, 0.3) is 10.9 Å². The summed E-state index contributed by atoms with van der Waals surface area (Å²) in [7, 11) is 1.92. The monoisotopic (exact) mass is 277 g/mol. The van der Waals surface area contributed by atoms with Gasteiger partial charge in [-0.3, -0.25) is 9.67 Å². The van der Waals surface area contributed by atoms with E-state index < -0.39 is 0 Å². The minimum atomic E-state index is 0.551. The van der Waals surface area contributed by atoms with E-state index >= 15 is 0 Å². The summed E-state index contributed by atoms with van der Waals surface area (Å²) in [6.07, 6.45) is 3.46. The number of hydrogen-bond acceptors (Lipinski definition) is 4. The highest BCUT2D eigenvalue weighted by molar-refractivity contribution is 5.93. The van der Waals surface area contributed by atoms with E-state index in [1.165, 1.54) is 0 Å². The van der Waals surface area contributed by atoms with Crippen LogP contribution in [0, 0.1) is 18.3 Å². The van der Waals surface area contributed by atoms with E-state index in [4.69, 9.17) is 0 Å². The van der Waals surface area contributed by atoms with Crippen molar-refractivity contribution in [3.8, 4) is 6.07 Å². The Morgan fingerprint density at radius 2 is 2.10 bits per heavy atom. The molecule has 0 unspecified atom stereocenters. The topological polar surface area (TPSA) is 66.5 Å². The third kappa shape index (κ3) is 2.32. The van der Waals surface area contributed by atoms with Crippen LogP contribution in [0.3, 0.4) is 0 Å². The van der Waals surface area contributed by atoms with Crippen molar-refractivity contribution in [1.29, 1.82) is 5.26 Å². The molecule has 2 heterocycles. The quantitative estimate of drug-likeness (QED) is 0.799. The lowest BCUT2D eigenvalue weighted by Crippen LogP contribution is -2.04. The fraction of sp³-hybridized carbons (Fsp3) is 0.188. The summed E-state index contributed by atoms with van der Waals surface area (Å²) in [6, 6.07) is 10.0. The summed E-state index contributed by atoms with van der Waals surface area (Å²) in [5.41, 5.74) is 4.48. The van der Waals surface area contributed by atoms with Gasteiger partial charge in [0.1, 0.15) is 6.07 Å². The molecule has 1 aromatic carbocycles. The first-order valence-electron chi connectivity index (χ1n) is 6.70. The highest BCUT2D eigenvalue weighted by atomic mass is 15.3. The minimum absolute atomic E-state index is 0.551. The van der Waals surface area contributed by atoms with Crippen LogP contribution in [-0.4, -0.2) is 14.8 Å². The molecule has 0 saturated heterocycles. The number of aromatic nitrogens is 3. The predicted molar refractivity (Wildman–Crippen MR) is 81.7 cm³/mol. The summed E-state index contributed by atoms with van der Waals surface area (Å²) < 4.78 is 1.84. The Morgan fingerprint density at radius 3 is 2.81 bits per heavy atom. The van der Waals surface area contributed by atoms with Crippen molar-refractivity contribution in [2.75, 3.05) is 5.32 Å². The van der Waals surface area contributed by atoms with Crippen molar-refractivity contribution < 1.29 is 0 Å². The third-order valence-electron chi connectivity index (χ3n) is 3.69. The molecule has 0 aliphatic heterocycles. The fourth-order valence-corrected chi connectivity index (χ4v) is 2.32. The van der Waals surface area contributed by atoms with Gasteiger partial charge < -0.3 is 5.32 Å². The van der Waals surface area contributed by atoms with Gasteiger partial charge in [0.05, 0.1) is 23.0 Å². The van der Waals surface area contributed by atoms with E-state index in [1.54, 1.807) is 6.20 Å². The maximum Gasteiger partial charge on any atom is 0.103 e. The van der Waals surface area contributed by atoms with Crippen LogP contribution < -0.4 is 5.32 Å². The Hall–Kier alpha value is -2.87. The number of fused-ring (bicyclic) bond motifs is 1. The molecule has 0 bridgehead atoms. The van der Waals surface area contributed by atoms with Gasteiger partial charge in [0, 0.05) is 36.4 Å². The third-order valence-corrected chi connectivity index (χ3v) is 3.69. The molecule has 0 amide bonds. The molecular weight excluding hydrogens is 262 g/mol. The first-order chi connectivity index (χ1) is 10.2. The molecule has 2 aromatic heterocycles. The number of nitrogens with zero attached hydrogens (tertiary/aromatic N) is 4. The molecule has 0 saturated carbocycles. The molecule has 104 valence electrons. The van der Waals surface area contributed by atoms with Crippen LogP contribution in [-0.2, 0) is 13.6 Å². The minimum Gasteiger partial charge on any atom is -0.379 e. The summed E-state index contributed by atoms with van der Waals surface area (Å²) in [4.78, 5) is 4.31. The Bertz CT molecular complexity index is 841. The average molecular weight is 277 g/mol. The van der Waals surface area contributed by atoms with Crippen molar-refractivity contribution in [1.82, 2.24) is 14.8 Å². The summed E-state index contributed by atoms with van der Waals surface area (Å²) >= 11 is 0. The molecule has 3 aromatic rings. The van der Waals surface area contributed by atoms with Crippen molar-refractivity contribution >= 4 is 16.6 Å². The van der Waals surface area contributed by atoms with Crippen LogP contribution in [0.5, 0.6) is 0 Å². The van der Waals surface area contributed by atoms with Gasteiger partial charge in [-0.1, -0.05) is 18.2 Å². The van der Waals surface area contributed by atoms with Gasteiger partial charge in [0.2, 0.25) is 0 Å². The molecule has 0 fully saturated rings. The van der Waals surface area contributed by atoms with Crippen LogP contribution in [0.15, 0.2) is 36.7 Å². The molecule has 0 spiro atoms. The van der Waals surface area contributed by atoms with E-state index in [1.807, 2.05) is 49.1 Å². The van der Waals surface area contributed by atoms with E-state index in [-0.39, 0.29) is 0 Å². The van der Waals surface area contributed by atoms with Crippen molar-refractivity contribution in [2.24, 2.45) is 7.05 Å². The van der Waals surface area contributed by atoms with Crippen LogP contribution in [0.2, 0.25) is 0 Å². The van der Waals surface area contributed by atoms with Gasteiger partial charge in [-0.05, 0) is 13.0 Å². The maximum atomic E-state index is 9.29. The van der Waals surface area contributed by atoms with Crippen molar-refractivity contribution in [3.63, 3.8) is 0 Å². The van der Waals surface area contributed by atoms with Gasteiger partial charge in [-0.2, -0.15) is 10.4 Å². The molecule has 5 heteroatoms. The number of pyridine rings is 1. The smallest absolute Gasteiger partial charge is 0.103 e. The van der Waals surface area contributed by atoms with E-state index in [0.717, 1.165) is 27.8 Å². The SMILES string of the molecule is Cc1c(CNc2c(C#N)cnc3ccccc23)cnn1C. The molecule has 1 N–H and O–H groups in total. The lowest BCUT2D eigenvalue weighted by atomic mass is 10.1. The zero-order valence-corrected chi connectivity index (χ0v) is 12.0. The van der Waals surface area contributed by atoms with Crippen molar-refractivity contribution in [2.45, 2.75) is 13.5 Å². The summed E-state index contributed by atoms with van der Waals surface area (Å²) in [6.45, 7) is 2.65. The first-order valence-corrected chi connectivity index (χ1v) is 6.70. The van der Waals surface area contributed by atoms with Crippen LogP contribution >= 0.6 is 0 Å². The lowest BCUT2D eigenvalue weighted by molar-refractivity contribution is 0.738. The Balaban J connectivity index is 1.99. The number of anilines is 1. The highest BCUT2D eigenvalue weighted by Gasteiger charge is 2.10. The Kier molecular flexibility index (Phi) is 3.28. The predicted octanol–water partition coefficient (Wildman–Crippen LogP) is 2.76. The highest BCUT2D eigenvalue weighted by Crippen LogP contribution is 2.26. The number of para-hydroxylation sites is 1. The molecule has 5 nitrogen and oxygen atoms in total.